The Morgan fingerprint density at radius 3 is 2.28 bits per heavy atom. The van der Waals surface area contributed by atoms with E-state index in [1.807, 2.05) is 10.7 Å². The van der Waals surface area contributed by atoms with Crippen molar-refractivity contribution in [3.8, 4) is 0 Å². The zero-order valence-corrected chi connectivity index (χ0v) is 17.4. The molecule has 7 nitrogen and oxygen atoms in total. The van der Waals surface area contributed by atoms with Crippen molar-refractivity contribution in [3.63, 3.8) is 0 Å². The van der Waals surface area contributed by atoms with Gasteiger partial charge in [-0.05, 0) is 40.7 Å². The summed E-state index contributed by atoms with van der Waals surface area (Å²) in [7, 11) is 6.30. The van der Waals surface area contributed by atoms with Crippen molar-refractivity contribution < 1.29 is 0 Å². The minimum absolute atomic E-state index is 0.0404. The summed E-state index contributed by atoms with van der Waals surface area (Å²) in [5.74, 6) is 0.899. The minimum Gasteiger partial charge on any atom is -0.378 e. The maximum absolute atomic E-state index is 4.48. The Bertz CT molecular complexity index is 896. The molecule has 1 unspecified atom stereocenters. The van der Waals surface area contributed by atoms with Crippen molar-refractivity contribution in [2.24, 2.45) is 0 Å². The summed E-state index contributed by atoms with van der Waals surface area (Å²) >= 11 is 0. The van der Waals surface area contributed by atoms with Crippen LogP contribution in [0.5, 0.6) is 0 Å². The first-order chi connectivity index (χ1) is 14.1. The van der Waals surface area contributed by atoms with E-state index in [9.17, 15) is 0 Å². The van der Waals surface area contributed by atoms with Crippen molar-refractivity contribution in [1.82, 2.24) is 30.0 Å². The molecule has 1 saturated heterocycles. The predicted octanol–water partition coefficient (Wildman–Crippen LogP) is 2.12. The van der Waals surface area contributed by atoms with E-state index >= 15 is 0 Å². The Morgan fingerprint density at radius 2 is 1.62 bits per heavy atom. The fourth-order valence-corrected chi connectivity index (χ4v) is 3.83. The first kappa shape index (κ1) is 19.5. The fraction of sp³-hybridized carbons (Fsp3) is 0.409. The topological polar surface area (TPSA) is 53.3 Å². The molecule has 1 atom stereocenters. The van der Waals surface area contributed by atoms with Gasteiger partial charge in [-0.25, -0.2) is 4.68 Å². The number of nitrogens with zero attached hydrogens (tertiary/aromatic N) is 7. The van der Waals surface area contributed by atoms with Gasteiger partial charge in [-0.3, -0.25) is 4.90 Å². The molecule has 0 spiro atoms. The van der Waals surface area contributed by atoms with Crippen LogP contribution in [0.4, 0.5) is 5.69 Å². The molecule has 4 rings (SSSR count). The standard InChI is InChI=1S/C22H29N7/c1-26(2)20-11-9-19(10-12-20)21(28-15-13-27(3)14-16-28)22-23-24-25-29(22)17-18-7-5-4-6-8-18/h4-12,21H,13-17H2,1-3H3. The van der Waals surface area contributed by atoms with Gasteiger partial charge in [0.2, 0.25) is 0 Å². The summed E-state index contributed by atoms with van der Waals surface area (Å²) in [6, 6.07) is 19.2. The van der Waals surface area contributed by atoms with Crippen LogP contribution in [-0.4, -0.2) is 77.3 Å². The first-order valence-electron chi connectivity index (χ1n) is 10.1. The van der Waals surface area contributed by atoms with Crippen LogP contribution in [0.1, 0.15) is 23.0 Å². The highest BCUT2D eigenvalue weighted by Gasteiger charge is 2.30. The molecule has 1 aliphatic rings. The van der Waals surface area contributed by atoms with E-state index in [4.69, 9.17) is 0 Å². The average molecular weight is 392 g/mol. The van der Waals surface area contributed by atoms with Crippen LogP contribution in [0.15, 0.2) is 54.6 Å². The molecule has 2 heterocycles. The number of aromatic nitrogens is 4. The molecule has 3 aromatic rings. The molecule has 152 valence electrons. The second-order valence-corrected chi connectivity index (χ2v) is 7.91. The van der Waals surface area contributed by atoms with E-state index in [1.165, 1.54) is 16.8 Å². The Balaban J connectivity index is 1.68. The monoisotopic (exact) mass is 391 g/mol. The first-order valence-corrected chi connectivity index (χ1v) is 10.1. The van der Waals surface area contributed by atoms with Crippen LogP contribution in [0.25, 0.3) is 0 Å². The lowest BCUT2D eigenvalue weighted by atomic mass is 10.0. The molecule has 0 aliphatic carbocycles. The molecular formula is C22H29N7. The molecule has 0 saturated carbocycles. The lowest BCUT2D eigenvalue weighted by molar-refractivity contribution is 0.121. The second kappa shape index (κ2) is 8.71. The number of hydrogen-bond donors (Lipinski definition) is 0. The van der Waals surface area contributed by atoms with Crippen molar-refractivity contribution in [3.05, 3.63) is 71.5 Å². The largest absolute Gasteiger partial charge is 0.378 e. The van der Waals surface area contributed by atoms with E-state index in [-0.39, 0.29) is 6.04 Å². The highest BCUT2D eigenvalue weighted by molar-refractivity contribution is 5.47. The number of hydrogen-bond acceptors (Lipinski definition) is 6. The van der Waals surface area contributed by atoms with Gasteiger partial charge in [-0.15, -0.1) is 5.10 Å². The van der Waals surface area contributed by atoms with Crippen molar-refractivity contribution in [2.75, 3.05) is 52.2 Å². The summed E-state index contributed by atoms with van der Waals surface area (Å²) in [6.07, 6.45) is 0. The van der Waals surface area contributed by atoms with E-state index < -0.39 is 0 Å². The Labute approximate surface area is 172 Å². The lowest BCUT2D eigenvalue weighted by Gasteiger charge is -2.37. The zero-order chi connectivity index (χ0) is 20.2. The van der Waals surface area contributed by atoms with Crippen LogP contribution >= 0.6 is 0 Å². The van der Waals surface area contributed by atoms with Gasteiger partial charge in [0.25, 0.3) is 0 Å². The Morgan fingerprint density at radius 1 is 0.931 bits per heavy atom. The van der Waals surface area contributed by atoms with Crippen LogP contribution in [0, 0.1) is 0 Å². The smallest absolute Gasteiger partial charge is 0.173 e. The highest BCUT2D eigenvalue weighted by atomic mass is 15.6. The summed E-state index contributed by atoms with van der Waals surface area (Å²) < 4.78 is 1.94. The van der Waals surface area contributed by atoms with E-state index in [1.54, 1.807) is 0 Å². The van der Waals surface area contributed by atoms with Gasteiger partial charge in [0.05, 0.1) is 12.6 Å². The van der Waals surface area contributed by atoms with E-state index in [0.29, 0.717) is 6.54 Å². The lowest BCUT2D eigenvalue weighted by Crippen LogP contribution is -2.46. The number of anilines is 1. The van der Waals surface area contributed by atoms with Crippen LogP contribution in [0.2, 0.25) is 0 Å². The van der Waals surface area contributed by atoms with Crippen molar-refractivity contribution in [1.29, 1.82) is 0 Å². The molecule has 0 bridgehead atoms. The molecule has 0 amide bonds. The molecule has 2 aromatic carbocycles. The van der Waals surface area contributed by atoms with E-state index in [2.05, 4.69) is 99.9 Å². The summed E-state index contributed by atoms with van der Waals surface area (Å²) in [5, 5.41) is 12.8. The molecular weight excluding hydrogens is 362 g/mol. The van der Waals surface area contributed by atoms with Crippen molar-refractivity contribution >= 4 is 5.69 Å². The normalized spacial score (nSPS) is 16.7. The van der Waals surface area contributed by atoms with Gasteiger partial charge in [0.1, 0.15) is 0 Å². The third-order valence-corrected chi connectivity index (χ3v) is 5.61. The number of benzene rings is 2. The third kappa shape index (κ3) is 4.46. The average Bonchev–Trinajstić information content (AvgIpc) is 3.18. The van der Waals surface area contributed by atoms with Crippen molar-refractivity contribution in [2.45, 2.75) is 12.6 Å². The zero-order valence-electron chi connectivity index (χ0n) is 17.4. The molecule has 1 aromatic heterocycles. The summed E-state index contributed by atoms with van der Waals surface area (Å²) in [4.78, 5) is 6.99. The molecule has 0 radical (unpaired) electrons. The molecule has 29 heavy (non-hydrogen) atoms. The molecule has 1 aliphatic heterocycles. The van der Waals surface area contributed by atoms with Gasteiger partial charge in [0, 0.05) is 46.0 Å². The number of piperazine rings is 1. The minimum atomic E-state index is 0.0404. The number of tetrazole rings is 1. The molecule has 0 N–H and O–H groups in total. The van der Waals surface area contributed by atoms with Crippen LogP contribution in [-0.2, 0) is 6.54 Å². The molecule has 7 heteroatoms. The van der Waals surface area contributed by atoms with Gasteiger partial charge >= 0.3 is 0 Å². The highest BCUT2D eigenvalue weighted by Crippen LogP contribution is 2.29. The Hall–Kier alpha value is -2.77. The number of rotatable bonds is 6. The maximum atomic E-state index is 4.48. The third-order valence-electron chi connectivity index (χ3n) is 5.61. The summed E-state index contributed by atoms with van der Waals surface area (Å²) in [5.41, 5.74) is 3.61. The second-order valence-electron chi connectivity index (χ2n) is 7.91. The van der Waals surface area contributed by atoms with Crippen LogP contribution < -0.4 is 4.90 Å². The molecule has 1 fully saturated rings. The quantitative estimate of drug-likeness (QED) is 0.642. The van der Waals surface area contributed by atoms with E-state index in [0.717, 1.165) is 32.0 Å². The predicted molar refractivity (Wildman–Crippen MR) is 115 cm³/mol. The fourth-order valence-electron chi connectivity index (χ4n) is 3.83. The van der Waals surface area contributed by atoms with Gasteiger partial charge in [-0.1, -0.05) is 42.5 Å². The Kier molecular flexibility index (Phi) is 5.87. The van der Waals surface area contributed by atoms with Gasteiger partial charge in [-0.2, -0.15) is 0 Å². The SMILES string of the molecule is CN1CCN(C(c2ccc(N(C)C)cc2)c2nnnn2Cc2ccccc2)CC1. The van der Waals surface area contributed by atoms with Crippen LogP contribution in [0.3, 0.4) is 0 Å². The summed E-state index contributed by atoms with van der Waals surface area (Å²) in [6.45, 7) is 4.76. The van der Waals surface area contributed by atoms with Gasteiger partial charge < -0.3 is 9.80 Å². The number of likely N-dealkylation sites (N-methyl/N-ethyl adjacent to an activating group) is 1. The van der Waals surface area contributed by atoms with Gasteiger partial charge in [0.15, 0.2) is 5.82 Å². The maximum Gasteiger partial charge on any atom is 0.173 e.